The van der Waals surface area contributed by atoms with E-state index in [9.17, 15) is 18.4 Å². The molecule has 0 aliphatic heterocycles. The van der Waals surface area contributed by atoms with Gasteiger partial charge in [-0.1, -0.05) is 11.6 Å². The minimum absolute atomic E-state index is 0.0770. The van der Waals surface area contributed by atoms with Crippen LogP contribution in [0, 0.1) is 11.6 Å². The van der Waals surface area contributed by atoms with E-state index in [0.29, 0.717) is 4.57 Å². The molecule has 0 saturated carbocycles. The predicted octanol–water partition coefficient (Wildman–Crippen LogP) is 1.46. The molecule has 0 spiro atoms. The fraction of sp³-hybridized carbons (Fsp3) is 0. The normalized spacial score (nSPS) is 10.5. The summed E-state index contributed by atoms with van der Waals surface area (Å²) >= 11 is 5.46. The Labute approximate surface area is 98.1 Å². The van der Waals surface area contributed by atoms with Gasteiger partial charge < -0.3 is 0 Å². The van der Waals surface area contributed by atoms with Crippen LogP contribution in [0.2, 0.25) is 5.15 Å². The highest BCUT2D eigenvalue weighted by Gasteiger charge is 2.09. The molecule has 1 heterocycles. The summed E-state index contributed by atoms with van der Waals surface area (Å²) in [6.07, 6.45) is 0. The fourth-order valence-electron chi connectivity index (χ4n) is 1.34. The Kier molecular flexibility index (Phi) is 2.81. The Hall–Kier alpha value is -1.95. The van der Waals surface area contributed by atoms with Crippen LogP contribution >= 0.6 is 11.6 Å². The lowest BCUT2D eigenvalue weighted by molar-refractivity contribution is 0.507. The second-order valence-corrected chi connectivity index (χ2v) is 3.60. The third-order valence-corrected chi connectivity index (χ3v) is 2.27. The molecule has 2 rings (SSSR count). The Morgan fingerprint density at radius 3 is 2.41 bits per heavy atom. The van der Waals surface area contributed by atoms with E-state index < -0.39 is 22.9 Å². The molecule has 0 aliphatic carbocycles. The zero-order chi connectivity index (χ0) is 12.6. The van der Waals surface area contributed by atoms with Crippen molar-refractivity contribution in [1.29, 1.82) is 0 Å². The van der Waals surface area contributed by atoms with Crippen LogP contribution in [0.5, 0.6) is 0 Å². The van der Waals surface area contributed by atoms with E-state index >= 15 is 0 Å². The number of H-pyrrole nitrogens is 1. The lowest BCUT2D eigenvalue weighted by Gasteiger charge is -2.04. The Morgan fingerprint density at radius 1 is 1.12 bits per heavy atom. The third-order valence-electron chi connectivity index (χ3n) is 2.06. The van der Waals surface area contributed by atoms with E-state index in [4.69, 9.17) is 11.6 Å². The van der Waals surface area contributed by atoms with Gasteiger partial charge in [-0.25, -0.2) is 18.1 Å². The van der Waals surface area contributed by atoms with Crippen LogP contribution in [0.4, 0.5) is 8.78 Å². The van der Waals surface area contributed by atoms with Gasteiger partial charge in [-0.15, -0.1) is 0 Å². The second kappa shape index (κ2) is 4.14. The largest absolute Gasteiger partial charge is 0.334 e. The molecule has 2 aromatic rings. The first-order valence-electron chi connectivity index (χ1n) is 4.46. The van der Waals surface area contributed by atoms with Crippen LogP contribution in [0.15, 0.2) is 33.9 Å². The second-order valence-electron chi connectivity index (χ2n) is 3.19. The highest BCUT2D eigenvalue weighted by molar-refractivity contribution is 6.29. The number of hydrogen-bond acceptors (Lipinski definition) is 2. The standard InChI is InChI=1S/C10H5ClF2N2O2/c11-8-4-9(16)15(10(17)14-8)5-1-2-6(12)7(13)3-5/h1-4H,(H,14,17). The lowest BCUT2D eigenvalue weighted by atomic mass is 10.3. The molecule has 0 amide bonds. The van der Waals surface area contributed by atoms with Crippen LogP contribution < -0.4 is 11.2 Å². The van der Waals surface area contributed by atoms with Crippen molar-refractivity contribution in [2.75, 3.05) is 0 Å². The molecule has 0 radical (unpaired) electrons. The zero-order valence-electron chi connectivity index (χ0n) is 8.21. The van der Waals surface area contributed by atoms with Gasteiger partial charge in [0.25, 0.3) is 5.56 Å². The molecule has 0 saturated heterocycles. The van der Waals surface area contributed by atoms with Gasteiger partial charge in [0.1, 0.15) is 5.15 Å². The van der Waals surface area contributed by atoms with E-state index in [1.807, 2.05) is 0 Å². The number of halogens is 3. The lowest BCUT2D eigenvalue weighted by Crippen LogP contribution is -2.33. The first kappa shape index (κ1) is 11.5. The summed E-state index contributed by atoms with van der Waals surface area (Å²) in [5, 5.41) is -0.126. The van der Waals surface area contributed by atoms with Gasteiger partial charge in [0.15, 0.2) is 11.6 Å². The molecule has 1 N–H and O–H groups in total. The summed E-state index contributed by atoms with van der Waals surface area (Å²) in [5.41, 5.74) is -1.63. The van der Waals surface area contributed by atoms with Gasteiger partial charge in [-0.2, -0.15) is 0 Å². The topological polar surface area (TPSA) is 54.9 Å². The van der Waals surface area contributed by atoms with Crippen molar-refractivity contribution in [1.82, 2.24) is 9.55 Å². The maximum absolute atomic E-state index is 13.0. The monoisotopic (exact) mass is 258 g/mol. The fourth-order valence-corrected chi connectivity index (χ4v) is 1.51. The summed E-state index contributed by atoms with van der Waals surface area (Å²) in [6, 6.07) is 3.65. The Morgan fingerprint density at radius 2 is 1.82 bits per heavy atom. The summed E-state index contributed by atoms with van der Waals surface area (Å²) in [5.74, 6) is -2.21. The molecule has 0 aliphatic rings. The number of rotatable bonds is 1. The summed E-state index contributed by atoms with van der Waals surface area (Å²) in [7, 11) is 0. The van der Waals surface area contributed by atoms with Crippen molar-refractivity contribution >= 4 is 11.6 Å². The number of benzene rings is 1. The molecule has 1 aromatic heterocycles. The van der Waals surface area contributed by atoms with Crippen LogP contribution in [0.3, 0.4) is 0 Å². The Balaban J connectivity index is 2.73. The van der Waals surface area contributed by atoms with E-state index in [2.05, 4.69) is 4.98 Å². The van der Waals surface area contributed by atoms with Crippen molar-refractivity contribution in [3.05, 3.63) is 61.9 Å². The van der Waals surface area contributed by atoms with Gasteiger partial charge in [-0.3, -0.25) is 9.78 Å². The molecule has 0 unspecified atom stereocenters. The minimum Gasteiger partial charge on any atom is -0.297 e. The highest BCUT2D eigenvalue weighted by atomic mass is 35.5. The van der Waals surface area contributed by atoms with Crippen molar-refractivity contribution in [3.63, 3.8) is 0 Å². The molecule has 0 atom stereocenters. The van der Waals surface area contributed by atoms with Crippen molar-refractivity contribution in [3.8, 4) is 5.69 Å². The smallest absolute Gasteiger partial charge is 0.297 e. The van der Waals surface area contributed by atoms with Crippen LogP contribution in [-0.2, 0) is 0 Å². The first-order chi connectivity index (χ1) is 7.99. The maximum Gasteiger partial charge on any atom is 0.334 e. The molecule has 1 aromatic carbocycles. The van der Waals surface area contributed by atoms with Crippen LogP contribution in [0.25, 0.3) is 5.69 Å². The molecule has 4 nitrogen and oxygen atoms in total. The number of hydrogen-bond donors (Lipinski definition) is 1. The highest BCUT2D eigenvalue weighted by Crippen LogP contribution is 2.10. The number of aromatic amines is 1. The average molecular weight is 259 g/mol. The first-order valence-corrected chi connectivity index (χ1v) is 4.84. The SMILES string of the molecule is O=c1cc(Cl)[nH]c(=O)n1-c1ccc(F)c(F)c1. The van der Waals surface area contributed by atoms with Gasteiger partial charge in [0.2, 0.25) is 0 Å². The number of nitrogens with zero attached hydrogens (tertiary/aromatic N) is 1. The van der Waals surface area contributed by atoms with E-state index in [1.165, 1.54) is 0 Å². The summed E-state index contributed by atoms with van der Waals surface area (Å²) < 4.78 is 26.3. The quantitative estimate of drug-likeness (QED) is 0.788. The molecular formula is C10H5ClF2N2O2. The maximum atomic E-state index is 13.0. The van der Waals surface area contributed by atoms with Crippen LogP contribution in [0.1, 0.15) is 0 Å². The number of nitrogens with one attached hydrogen (secondary N) is 1. The molecular weight excluding hydrogens is 254 g/mol. The molecule has 7 heteroatoms. The molecule has 88 valence electrons. The van der Waals surface area contributed by atoms with E-state index in [1.54, 1.807) is 0 Å². The van der Waals surface area contributed by atoms with Crippen molar-refractivity contribution < 1.29 is 8.78 Å². The van der Waals surface area contributed by atoms with E-state index in [-0.39, 0.29) is 10.8 Å². The molecule has 17 heavy (non-hydrogen) atoms. The van der Waals surface area contributed by atoms with Gasteiger partial charge in [0, 0.05) is 12.1 Å². The van der Waals surface area contributed by atoms with Crippen LogP contribution in [-0.4, -0.2) is 9.55 Å². The van der Waals surface area contributed by atoms with Gasteiger partial charge in [0.05, 0.1) is 5.69 Å². The number of aromatic nitrogens is 2. The van der Waals surface area contributed by atoms with Gasteiger partial charge in [-0.05, 0) is 12.1 Å². The molecule has 0 fully saturated rings. The van der Waals surface area contributed by atoms with Gasteiger partial charge >= 0.3 is 5.69 Å². The summed E-state index contributed by atoms with van der Waals surface area (Å²) in [4.78, 5) is 25.1. The summed E-state index contributed by atoms with van der Waals surface area (Å²) in [6.45, 7) is 0. The third kappa shape index (κ3) is 2.12. The molecule has 0 bridgehead atoms. The predicted molar refractivity (Wildman–Crippen MR) is 57.6 cm³/mol. The van der Waals surface area contributed by atoms with E-state index in [0.717, 1.165) is 24.3 Å². The van der Waals surface area contributed by atoms with Crippen molar-refractivity contribution in [2.24, 2.45) is 0 Å². The Bertz CT molecular complexity index is 662. The van der Waals surface area contributed by atoms with Crippen molar-refractivity contribution in [2.45, 2.75) is 0 Å². The minimum atomic E-state index is -1.15. The average Bonchev–Trinajstić information content (AvgIpc) is 2.21. The zero-order valence-corrected chi connectivity index (χ0v) is 8.96.